The third-order valence-electron chi connectivity index (χ3n) is 2.53. The minimum Gasteiger partial charge on any atom is -0.454 e. The lowest BCUT2D eigenvalue weighted by Gasteiger charge is -2.12. The van der Waals surface area contributed by atoms with Gasteiger partial charge in [0.2, 0.25) is 0 Å². The fraction of sp³-hybridized carbons (Fsp3) is 0.154. The lowest BCUT2D eigenvalue weighted by atomic mass is 10.1. The Hall–Kier alpha value is -2.21. The topological polar surface area (TPSA) is 69.4 Å². The number of nitrogens with zero attached hydrogens (tertiary/aromatic N) is 1. The van der Waals surface area contributed by atoms with Gasteiger partial charge >= 0.3 is 11.0 Å². The zero-order valence-electron chi connectivity index (χ0n) is 10.1. The number of carbonyl (C=O) groups is 1. The third kappa shape index (κ3) is 3.17. The SMILES string of the molecule is C[C@@H](OC(=O)c1ccc([N+](=O)[O-])s1)c1ccccc1. The van der Waals surface area contributed by atoms with Crippen molar-refractivity contribution in [3.8, 4) is 0 Å². The molecule has 1 heterocycles. The molecule has 19 heavy (non-hydrogen) atoms. The highest BCUT2D eigenvalue weighted by atomic mass is 32.1. The van der Waals surface area contributed by atoms with Crippen molar-refractivity contribution in [2.24, 2.45) is 0 Å². The van der Waals surface area contributed by atoms with Gasteiger partial charge in [0.05, 0.1) is 4.92 Å². The number of nitro groups is 1. The second-order valence-corrected chi connectivity index (χ2v) is 4.92. The van der Waals surface area contributed by atoms with E-state index in [4.69, 9.17) is 4.74 Å². The van der Waals surface area contributed by atoms with E-state index in [1.54, 1.807) is 6.92 Å². The number of carbonyl (C=O) groups excluding carboxylic acids is 1. The molecular formula is C13H11NO4S. The Bertz CT molecular complexity index is 594. The molecule has 0 fully saturated rings. The van der Waals surface area contributed by atoms with Crippen molar-refractivity contribution in [3.63, 3.8) is 0 Å². The first kappa shape index (κ1) is 13.2. The van der Waals surface area contributed by atoms with Gasteiger partial charge in [-0.2, -0.15) is 0 Å². The van der Waals surface area contributed by atoms with Crippen molar-refractivity contribution in [1.82, 2.24) is 0 Å². The molecule has 0 bridgehead atoms. The van der Waals surface area contributed by atoms with Crippen LogP contribution >= 0.6 is 11.3 Å². The monoisotopic (exact) mass is 277 g/mol. The molecule has 0 amide bonds. The summed E-state index contributed by atoms with van der Waals surface area (Å²) in [6, 6.07) is 12.0. The van der Waals surface area contributed by atoms with Crippen LogP contribution in [0.2, 0.25) is 0 Å². The molecule has 2 rings (SSSR count). The third-order valence-corrected chi connectivity index (χ3v) is 3.54. The first-order valence-electron chi connectivity index (χ1n) is 5.58. The molecule has 0 saturated heterocycles. The maximum atomic E-state index is 11.8. The van der Waals surface area contributed by atoms with Crippen LogP contribution in [0, 0.1) is 10.1 Å². The Kier molecular flexibility index (Phi) is 3.91. The minimum absolute atomic E-state index is 0.0701. The van der Waals surface area contributed by atoms with Crippen LogP contribution in [0.4, 0.5) is 5.00 Å². The van der Waals surface area contributed by atoms with Crippen LogP contribution < -0.4 is 0 Å². The van der Waals surface area contributed by atoms with E-state index in [0.717, 1.165) is 16.9 Å². The number of benzene rings is 1. The zero-order valence-corrected chi connectivity index (χ0v) is 10.9. The van der Waals surface area contributed by atoms with Crippen molar-refractivity contribution in [2.45, 2.75) is 13.0 Å². The molecule has 0 aliphatic heterocycles. The van der Waals surface area contributed by atoms with Gasteiger partial charge in [0.25, 0.3) is 0 Å². The summed E-state index contributed by atoms with van der Waals surface area (Å²) in [6.45, 7) is 1.76. The Morgan fingerprint density at radius 3 is 2.53 bits per heavy atom. The fourth-order valence-electron chi connectivity index (χ4n) is 1.55. The highest BCUT2D eigenvalue weighted by Crippen LogP contribution is 2.26. The molecule has 0 aliphatic rings. The van der Waals surface area contributed by atoms with E-state index in [1.165, 1.54) is 12.1 Å². The quantitative estimate of drug-likeness (QED) is 0.486. The van der Waals surface area contributed by atoms with Crippen LogP contribution in [0.5, 0.6) is 0 Å². The summed E-state index contributed by atoms with van der Waals surface area (Å²) < 4.78 is 5.26. The van der Waals surface area contributed by atoms with Gasteiger partial charge in [0, 0.05) is 6.07 Å². The number of thiophene rings is 1. The van der Waals surface area contributed by atoms with Crippen LogP contribution in [-0.4, -0.2) is 10.9 Å². The number of hydrogen-bond acceptors (Lipinski definition) is 5. The molecule has 0 radical (unpaired) electrons. The van der Waals surface area contributed by atoms with Crippen molar-refractivity contribution in [2.75, 3.05) is 0 Å². The molecule has 1 aromatic heterocycles. The first-order valence-corrected chi connectivity index (χ1v) is 6.39. The zero-order chi connectivity index (χ0) is 13.8. The van der Waals surface area contributed by atoms with Crippen LogP contribution in [0.3, 0.4) is 0 Å². The fourth-order valence-corrected chi connectivity index (χ4v) is 2.25. The van der Waals surface area contributed by atoms with Gasteiger partial charge in [0.15, 0.2) is 0 Å². The Morgan fingerprint density at radius 2 is 1.95 bits per heavy atom. The van der Waals surface area contributed by atoms with E-state index in [1.807, 2.05) is 30.3 Å². The molecule has 0 spiro atoms. The molecule has 0 unspecified atom stereocenters. The predicted molar refractivity (Wildman–Crippen MR) is 71.2 cm³/mol. The highest BCUT2D eigenvalue weighted by molar-refractivity contribution is 7.17. The maximum absolute atomic E-state index is 11.8. The van der Waals surface area contributed by atoms with Crippen LogP contribution in [-0.2, 0) is 4.74 Å². The summed E-state index contributed by atoms with van der Waals surface area (Å²) in [5.41, 5.74) is 0.877. The molecule has 0 aliphatic carbocycles. The van der Waals surface area contributed by atoms with Gasteiger partial charge in [-0.15, -0.1) is 0 Å². The normalized spacial score (nSPS) is 11.8. The average Bonchev–Trinajstić information content (AvgIpc) is 2.89. The molecule has 2 aromatic rings. The number of rotatable bonds is 4. The molecule has 98 valence electrons. The smallest absolute Gasteiger partial charge is 0.349 e. The summed E-state index contributed by atoms with van der Waals surface area (Å²) >= 11 is 0.813. The summed E-state index contributed by atoms with van der Waals surface area (Å²) in [5, 5.41) is 10.5. The van der Waals surface area contributed by atoms with Crippen molar-refractivity contribution < 1.29 is 14.5 Å². The van der Waals surface area contributed by atoms with E-state index in [9.17, 15) is 14.9 Å². The molecular weight excluding hydrogens is 266 g/mol. The minimum atomic E-state index is -0.547. The van der Waals surface area contributed by atoms with Gasteiger partial charge in [-0.25, -0.2) is 4.79 Å². The van der Waals surface area contributed by atoms with Crippen molar-refractivity contribution in [3.05, 3.63) is 63.0 Å². The second-order valence-electron chi connectivity index (χ2n) is 3.85. The van der Waals surface area contributed by atoms with E-state index in [2.05, 4.69) is 0 Å². The van der Waals surface area contributed by atoms with Gasteiger partial charge in [0.1, 0.15) is 11.0 Å². The van der Waals surface area contributed by atoms with Gasteiger partial charge < -0.3 is 4.74 Å². The first-order chi connectivity index (χ1) is 9.08. The van der Waals surface area contributed by atoms with Gasteiger partial charge in [-0.1, -0.05) is 41.7 Å². The number of esters is 1. The molecule has 5 nitrogen and oxygen atoms in total. The lowest BCUT2D eigenvalue weighted by Crippen LogP contribution is -2.07. The lowest BCUT2D eigenvalue weighted by molar-refractivity contribution is -0.380. The Balaban J connectivity index is 2.06. The summed E-state index contributed by atoms with van der Waals surface area (Å²) in [7, 11) is 0. The molecule has 0 N–H and O–H groups in total. The molecule has 0 saturated carbocycles. The van der Waals surface area contributed by atoms with Crippen LogP contribution in [0.15, 0.2) is 42.5 Å². The maximum Gasteiger partial charge on any atom is 0.349 e. The second kappa shape index (κ2) is 5.62. The standard InChI is InChI=1S/C13H11NO4S/c1-9(10-5-3-2-4-6-10)18-13(15)11-7-8-12(19-11)14(16)17/h2-9H,1H3/t9-/m1/s1. The summed E-state index contributed by atoms with van der Waals surface area (Å²) in [4.78, 5) is 22.1. The summed E-state index contributed by atoms with van der Waals surface area (Å²) in [5.74, 6) is -0.547. The van der Waals surface area contributed by atoms with Crippen LogP contribution in [0.25, 0.3) is 0 Å². The number of ether oxygens (including phenoxy) is 1. The molecule has 6 heteroatoms. The van der Waals surface area contributed by atoms with Crippen molar-refractivity contribution >= 4 is 22.3 Å². The molecule has 1 atom stereocenters. The molecule has 1 aromatic carbocycles. The van der Waals surface area contributed by atoms with Gasteiger partial charge in [-0.3, -0.25) is 10.1 Å². The summed E-state index contributed by atoms with van der Waals surface area (Å²) in [6.07, 6.45) is -0.394. The van der Waals surface area contributed by atoms with E-state index in [-0.39, 0.29) is 9.88 Å². The Labute approximate surface area is 113 Å². The largest absolute Gasteiger partial charge is 0.454 e. The van der Waals surface area contributed by atoms with E-state index in [0.29, 0.717) is 0 Å². The van der Waals surface area contributed by atoms with E-state index < -0.39 is 17.0 Å². The predicted octanol–water partition coefficient (Wildman–Crippen LogP) is 3.57. The van der Waals surface area contributed by atoms with Crippen LogP contribution in [0.1, 0.15) is 28.3 Å². The Morgan fingerprint density at radius 1 is 1.26 bits per heavy atom. The van der Waals surface area contributed by atoms with E-state index >= 15 is 0 Å². The average molecular weight is 277 g/mol. The highest BCUT2D eigenvalue weighted by Gasteiger charge is 2.18. The number of hydrogen-bond donors (Lipinski definition) is 0. The van der Waals surface area contributed by atoms with Crippen molar-refractivity contribution in [1.29, 1.82) is 0 Å². The van der Waals surface area contributed by atoms with Gasteiger partial charge in [-0.05, 0) is 18.6 Å².